The number of aryl methyl sites for hydroxylation is 1. The van der Waals surface area contributed by atoms with E-state index in [1.807, 2.05) is 22.6 Å². The molecule has 0 saturated carbocycles. The largest absolute Gasteiger partial charge is 0.465 e. The molecule has 1 aromatic carbocycles. The maximum Gasteiger partial charge on any atom is 0.414 e. The molecule has 0 N–H and O–H groups in total. The summed E-state index contributed by atoms with van der Waals surface area (Å²) in [7, 11) is 1.30. The molecule has 0 bridgehead atoms. The number of hydrogen-bond acceptors (Lipinski definition) is 8. The van der Waals surface area contributed by atoms with Crippen molar-refractivity contribution >= 4 is 95.3 Å². The standard InChI is InChI=1S/C24H25BrF3N3O4.C15H16BrF3IN3O2/c1-14-10-15(6-7-17(14)21(32)34-5)19-12-29-20-18(11-16(25)13-31(19)20)30(9-8-24(26,27)28)22(33)35-23(2,3)4;1-14(2,3)25-13(24)22(5-4-15(17,18)19)10-6-9(16)8-23-11(20)7-21-12(10)23/h6-7,10-13H,8-9H2,1-5H3;6-8H,4-5H2,1-3H3. The van der Waals surface area contributed by atoms with E-state index < -0.39 is 67.6 Å². The van der Waals surface area contributed by atoms with Gasteiger partial charge in [0.1, 0.15) is 14.9 Å². The lowest BCUT2D eigenvalue weighted by Gasteiger charge is -2.28. The molecule has 326 valence electrons. The Morgan fingerprint density at radius 2 is 1.18 bits per heavy atom. The number of imidazole rings is 2. The second kappa shape index (κ2) is 18.9. The molecule has 0 aliphatic rings. The van der Waals surface area contributed by atoms with Crippen LogP contribution in [0.15, 0.2) is 64.1 Å². The summed E-state index contributed by atoms with van der Waals surface area (Å²) < 4.78 is 98.0. The predicted octanol–water partition coefficient (Wildman–Crippen LogP) is 11.9. The number of alkyl halides is 6. The van der Waals surface area contributed by atoms with Crippen LogP contribution in [-0.2, 0) is 14.2 Å². The van der Waals surface area contributed by atoms with Crippen LogP contribution in [0.2, 0.25) is 0 Å². The molecule has 5 aromatic rings. The van der Waals surface area contributed by atoms with Crippen molar-refractivity contribution < 1.29 is 54.9 Å². The average molecular weight is 1090 g/mol. The van der Waals surface area contributed by atoms with Crippen LogP contribution >= 0.6 is 54.5 Å². The first kappa shape index (κ1) is 48.5. The number of carbonyl (C=O) groups is 3. The highest BCUT2D eigenvalue weighted by Gasteiger charge is 2.34. The number of hydrogen-bond donors (Lipinski definition) is 0. The smallest absolute Gasteiger partial charge is 0.414 e. The van der Waals surface area contributed by atoms with Crippen molar-refractivity contribution in [2.75, 3.05) is 30.0 Å². The van der Waals surface area contributed by atoms with E-state index in [9.17, 15) is 40.7 Å². The van der Waals surface area contributed by atoms with E-state index in [0.717, 1.165) is 13.5 Å². The van der Waals surface area contributed by atoms with Gasteiger partial charge in [0, 0.05) is 40.0 Å². The number of amides is 2. The molecule has 0 radical (unpaired) electrons. The highest BCUT2D eigenvalue weighted by atomic mass is 127. The number of esters is 1. The number of halogens is 9. The predicted molar refractivity (Wildman–Crippen MR) is 229 cm³/mol. The molecule has 2 amide bonds. The van der Waals surface area contributed by atoms with Gasteiger partial charge >= 0.3 is 30.5 Å². The van der Waals surface area contributed by atoms with E-state index in [0.29, 0.717) is 37.0 Å². The van der Waals surface area contributed by atoms with E-state index in [-0.39, 0.29) is 17.0 Å². The SMILES string of the molecule is CC(C)(C)OC(=O)N(CCC(F)(F)F)c1cc(Br)cn2c(I)cnc12.COC(=O)c1ccc(-c2cnc3c(N(CCC(F)(F)F)C(=O)OC(C)(C)C)cc(Br)cn23)cc1C. The maximum atomic E-state index is 13.1. The summed E-state index contributed by atoms with van der Waals surface area (Å²) >= 11 is 8.76. The molecule has 5 rings (SSSR count). The number of nitrogens with zero attached hydrogens (tertiary/aromatic N) is 6. The molecule has 0 fully saturated rings. The van der Waals surface area contributed by atoms with E-state index in [1.165, 1.54) is 13.2 Å². The Bertz CT molecular complexity index is 2370. The van der Waals surface area contributed by atoms with Crippen molar-refractivity contribution in [3.05, 3.63) is 78.9 Å². The third kappa shape index (κ3) is 13.2. The van der Waals surface area contributed by atoms with Crippen LogP contribution in [0.1, 0.15) is 70.3 Å². The fraction of sp³-hybridized carbons (Fsp3) is 0.410. The van der Waals surface area contributed by atoms with Crippen LogP contribution in [-0.4, -0.2) is 80.7 Å². The van der Waals surface area contributed by atoms with Gasteiger partial charge in [-0.15, -0.1) is 0 Å². The second-order valence-electron chi connectivity index (χ2n) is 15.2. The molecular weight excluding hydrogens is 1050 g/mol. The Morgan fingerprint density at radius 3 is 1.62 bits per heavy atom. The summed E-state index contributed by atoms with van der Waals surface area (Å²) in [6, 6.07) is 8.21. The third-order valence-corrected chi connectivity index (χ3v) is 9.70. The van der Waals surface area contributed by atoms with Gasteiger partial charge in [0.2, 0.25) is 0 Å². The zero-order valence-electron chi connectivity index (χ0n) is 33.6. The number of carbonyl (C=O) groups excluding carboxylic acids is 3. The average Bonchev–Trinajstić information content (AvgIpc) is 3.69. The Labute approximate surface area is 371 Å². The topological polar surface area (TPSA) is 120 Å². The number of benzene rings is 1. The van der Waals surface area contributed by atoms with Crippen molar-refractivity contribution in [3.63, 3.8) is 0 Å². The second-order valence-corrected chi connectivity index (χ2v) is 18.2. The van der Waals surface area contributed by atoms with Gasteiger partial charge in [-0.3, -0.25) is 18.6 Å². The fourth-order valence-electron chi connectivity index (χ4n) is 5.55. The fourth-order valence-corrected chi connectivity index (χ4v) is 6.90. The molecule has 4 aromatic heterocycles. The number of pyridine rings is 2. The first-order valence-corrected chi connectivity index (χ1v) is 20.6. The maximum absolute atomic E-state index is 13.1. The van der Waals surface area contributed by atoms with Gasteiger partial charge in [0.15, 0.2) is 11.3 Å². The monoisotopic (exact) mass is 1090 g/mol. The van der Waals surface area contributed by atoms with E-state index in [2.05, 4.69) is 41.8 Å². The van der Waals surface area contributed by atoms with Crippen molar-refractivity contribution in [1.82, 2.24) is 18.8 Å². The van der Waals surface area contributed by atoms with Gasteiger partial charge in [-0.25, -0.2) is 24.4 Å². The van der Waals surface area contributed by atoms with Gasteiger partial charge < -0.3 is 14.2 Å². The van der Waals surface area contributed by atoms with Crippen molar-refractivity contribution in [3.8, 4) is 11.3 Å². The normalized spacial score (nSPS) is 12.2. The van der Waals surface area contributed by atoms with Crippen LogP contribution in [0, 0.1) is 10.6 Å². The van der Waals surface area contributed by atoms with Gasteiger partial charge in [-0.2, -0.15) is 26.3 Å². The molecule has 0 aliphatic heterocycles. The van der Waals surface area contributed by atoms with Gasteiger partial charge in [0.05, 0.1) is 55.0 Å². The molecule has 0 saturated heterocycles. The van der Waals surface area contributed by atoms with Crippen molar-refractivity contribution in [2.24, 2.45) is 0 Å². The molecule has 0 atom stereocenters. The van der Waals surface area contributed by atoms with Crippen molar-refractivity contribution in [2.45, 2.75) is 84.9 Å². The number of anilines is 2. The Balaban J connectivity index is 0.000000280. The molecule has 0 unspecified atom stereocenters. The van der Waals surface area contributed by atoms with Crippen LogP contribution in [0.4, 0.5) is 47.3 Å². The van der Waals surface area contributed by atoms with E-state index in [4.69, 9.17) is 14.2 Å². The van der Waals surface area contributed by atoms with Crippen LogP contribution in [0.3, 0.4) is 0 Å². The minimum Gasteiger partial charge on any atom is -0.465 e. The number of aromatic nitrogens is 4. The molecule has 21 heteroatoms. The summed E-state index contributed by atoms with van der Waals surface area (Å²) in [6.45, 7) is 10.4. The van der Waals surface area contributed by atoms with Gasteiger partial charge in [-0.1, -0.05) is 6.07 Å². The zero-order valence-corrected chi connectivity index (χ0v) is 38.9. The lowest BCUT2D eigenvalue weighted by molar-refractivity contribution is -0.133. The number of ether oxygens (including phenoxy) is 3. The molecular formula is C39H41Br2F6IN6O6. The summed E-state index contributed by atoms with van der Waals surface area (Å²) in [5, 5.41) is 0. The third-order valence-electron chi connectivity index (χ3n) is 8.04. The Morgan fingerprint density at radius 1 is 0.733 bits per heavy atom. The highest BCUT2D eigenvalue weighted by Crippen LogP contribution is 2.34. The Kier molecular flexibility index (Phi) is 15.3. The van der Waals surface area contributed by atoms with Crippen LogP contribution in [0.25, 0.3) is 22.6 Å². The van der Waals surface area contributed by atoms with Gasteiger partial charge in [-0.05, 0) is 133 Å². The first-order chi connectivity index (χ1) is 27.6. The minimum absolute atomic E-state index is 0.159. The molecule has 0 aliphatic carbocycles. The van der Waals surface area contributed by atoms with Gasteiger partial charge in [0.25, 0.3) is 0 Å². The first-order valence-electron chi connectivity index (χ1n) is 17.9. The molecule has 60 heavy (non-hydrogen) atoms. The Hall–Kier alpha value is -4.12. The van der Waals surface area contributed by atoms with Crippen LogP contribution in [0.5, 0.6) is 0 Å². The molecule has 4 heterocycles. The number of methoxy groups -OCH3 is 1. The molecule has 12 nitrogen and oxygen atoms in total. The van der Waals surface area contributed by atoms with E-state index >= 15 is 0 Å². The quantitative estimate of drug-likeness (QED) is 0.0652. The minimum atomic E-state index is -4.47. The number of rotatable bonds is 8. The highest BCUT2D eigenvalue weighted by molar-refractivity contribution is 14.1. The molecule has 0 spiro atoms. The number of fused-ring (bicyclic) bond motifs is 2. The van der Waals surface area contributed by atoms with Crippen molar-refractivity contribution in [1.29, 1.82) is 0 Å². The van der Waals surface area contributed by atoms with Crippen LogP contribution < -0.4 is 9.80 Å². The summed E-state index contributed by atoms with van der Waals surface area (Å²) in [4.78, 5) is 47.9. The summed E-state index contributed by atoms with van der Waals surface area (Å²) in [5.41, 5.74) is 1.73. The lowest BCUT2D eigenvalue weighted by Crippen LogP contribution is -2.39. The summed E-state index contributed by atoms with van der Waals surface area (Å²) in [6.07, 6.45) is -6.45. The zero-order chi connectivity index (χ0) is 45.1. The van der Waals surface area contributed by atoms with E-state index in [1.54, 1.807) is 106 Å². The lowest BCUT2D eigenvalue weighted by atomic mass is 10.0. The summed E-state index contributed by atoms with van der Waals surface area (Å²) in [5.74, 6) is -0.463.